The van der Waals surface area contributed by atoms with E-state index in [2.05, 4.69) is 33.3 Å². The van der Waals surface area contributed by atoms with E-state index in [0.29, 0.717) is 13.2 Å². The number of benzene rings is 1. The lowest BCUT2D eigenvalue weighted by Crippen LogP contribution is -2.35. The van der Waals surface area contributed by atoms with Crippen LogP contribution in [-0.4, -0.2) is 58.3 Å². The number of carbonyl (C=O) groups excluding carboxylic acids is 1. The summed E-state index contributed by atoms with van der Waals surface area (Å²) < 4.78 is 7.56. The molecule has 0 radical (unpaired) electrons. The van der Waals surface area contributed by atoms with Gasteiger partial charge in [-0.25, -0.2) is 0 Å². The lowest BCUT2D eigenvalue weighted by atomic mass is 10.1. The molecule has 0 aliphatic carbocycles. The van der Waals surface area contributed by atoms with Gasteiger partial charge in [-0.3, -0.25) is 9.20 Å². The van der Waals surface area contributed by atoms with Crippen molar-refractivity contribution < 1.29 is 9.53 Å². The van der Waals surface area contributed by atoms with Gasteiger partial charge in [0.05, 0.1) is 29.1 Å². The molecular formula is C25H25N5O2S. The smallest absolute Gasteiger partial charge is 0.264 e. The molecular weight excluding hydrogens is 434 g/mol. The van der Waals surface area contributed by atoms with Crippen molar-refractivity contribution in [2.24, 2.45) is 0 Å². The fourth-order valence-electron chi connectivity index (χ4n) is 4.82. The average molecular weight is 460 g/mol. The van der Waals surface area contributed by atoms with Gasteiger partial charge in [0.25, 0.3) is 5.91 Å². The minimum Gasteiger partial charge on any atom is -0.378 e. The van der Waals surface area contributed by atoms with Gasteiger partial charge < -0.3 is 14.5 Å². The summed E-state index contributed by atoms with van der Waals surface area (Å²) in [6, 6.07) is 18.2. The molecule has 3 aromatic heterocycles. The van der Waals surface area contributed by atoms with Crippen LogP contribution in [0.5, 0.6) is 0 Å². The summed E-state index contributed by atoms with van der Waals surface area (Å²) in [4.78, 5) is 18.9. The summed E-state index contributed by atoms with van der Waals surface area (Å²) in [6.07, 6.45) is 3.83. The van der Waals surface area contributed by atoms with Crippen LogP contribution in [0.25, 0.3) is 16.8 Å². The standard InChI is InChI=1S/C25H25N5O2S/c31-24(29-12-6-9-20(29)23-27-26-22-10-4-5-11-30(22)23)21-17-19(18-7-2-1-3-8-18)25(33-21)28-13-15-32-16-14-28/h1-5,7-8,10-11,17,20H,6,9,12-16H2. The van der Waals surface area contributed by atoms with E-state index in [0.717, 1.165) is 65.0 Å². The number of carbonyl (C=O) groups is 1. The van der Waals surface area contributed by atoms with Crippen LogP contribution in [0.2, 0.25) is 0 Å². The van der Waals surface area contributed by atoms with Crippen LogP contribution >= 0.6 is 11.3 Å². The van der Waals surface area contributed by atoms with Crippen LogP contribution in [0.1, 0.15) is 34.4 Å². The van der Waals surface area contributed by atoms with Gasteiger partial charge in [0.2, 0.25) is 0 Å². The minimum absolute atomic E-state index is 0.0657. The highest BCUT2D eigenvalue weighted by Crippen LogP contribution is 2.41. The Morgan fingerprint density at radius 3 is 2.67 bits per heavy atom. The average Bonchev–Trinajstić information content (AvgIpc) is 3.62. The highest BCUT2D eigenvalue weighted by atomic mass is 32.1. The molecule has 0 bridgehead atoms. The van der Waals surface area contributed by atoms with Crippen molar-refractivity contribution in [3.63, 3.8) is 0 Å². The summed E-state index contributed by atoms with van der Waals surface area (Å²) in [5, 5.41) is 9.91. The third-order valence-corrected chi connectivity index (χ3v) is 7.64. The topological polar surface area (TPSA) is 63.0 Å². The Morgan fingerprint density at radius 2 is 1.82 bits per heavy atom. The Morgan fingerprint density at radius 1 is 1.00 bits per heavy atom. The second kappa shape index (κ2) is 8.61. The van der Waals surface area contributed by atoms with Crippen LogP contribution in [0, 0.1) is 0 Å². The van der Waals surface area contributed by atoms with Crippen molar-refractivity contribution in [2.45, 2.75) is 18.9 Å². The molecule has 1 amide bonds. The Hall–Kier alpha value is -3.23. The van der Waals surface area contributed by atoms with Crippen LogP contribution in [-0.2, 0) is 4.74 Å². The number of hydrogen-bond acceptors (Lipinski definition) is 6. The van der Waals surface area contributed by atoms with Gasteiger partial charge in [-0.15, -0.1) is 21.5 Å². The van der Waals surface area contributed by atoms with E-state index in [-0.39, 0.29) is 11.9 Å². The molecule has 5 heterocycles. The minimum atomic E-state index is -0.0657. The number of fused-ring (bicyclic) bond motifs is 1. The number of hydrogen-bond donors (Lipinski definition) is 0. The fourth-order valence-corrected chi connectivity index (χ4v) is 6.01. The molecule has 1 aromatic carbocycles. The Kier molecular flexibility index (Phi) is 5.32. The summed E-state index contributed by atoms with van der Waals surface area (Å²) in [6.45, 7) is 3.84. The first-order valence-electron chi connectivity index (χ1n) is 11.4. The van der Waals surface area contributed by atoms with E-state index >= 15 is 0 Å². The van der Waals surface area contributed by atoms with Crippen molar-refractivity contribution >= 4 is 27.9 Å². The molecule has 8 heteroatoms. The van der Waals surface area contributed by atoms with Crippen molar-refractivity contribution in [1.82, 2.24) is 19.5 Å². The lowest BCUT2D eigenvalue weighted by Gasteiger charge is -2.28. The highest BCUT2D eigenvalue weighted by Gasteiger charge is 2.35. The molecule has 0 spiro atoms. The Bertz CT molecular complexity index is 1280. The lowest BCUT2D eigenvalue weighted by molar-refractivity contribution is 0.0734. The van der Waals surface area contributed by atoms with Gasteiger partial charge in [-0.05, 0) is 36.6 Å². The summed E-state index contributed by atoms with van der Waals surface area (Å²) in [5.74, 6) is 0.913. The molecule has 2 fully saturated rings. The number of aromatic nitrogens is 3. The molecule has 2 aliphatic heterocycles. The van der Waals surface area contributed by atoms with Crippen molar-refractivity contribution in [3.8, 4) is 11.1 Å². The number of thiophene rings is 1. The summed E-state index contributed by atoms with van der Waals surface area (Å²) >= 11 is 1.60. The monoisotopic (exact) mass is 459 g/mol. The predicted molar refractivity (Wildman–Crippen MR) is 129 cm³/mol. The first-order valence-corrected chi connectivity index (χ1v) is 12.2. The van der Waals surface area contributed by atoms with E-state index in [1.807, 2.05) is 51.9 Å². The van der Waals surface area contributed by atoms with Crippen LogP contribution in [0.4, 0.5) is 5.00 Å². The molecule has 2 saturated heterocycles. The molecule has 1 atom stereocenters. The van der Waals surface area contributed by atoms with Gasteiger partial charge >= 0.3 is 0 Å². The number of pyridine rings is 1. The van der Waals surface area contributed by atoms with Gasteiger partial charge in [-0.2, -0.15) is 0 Å². The zero-order valence-electron chi connectivity index (χ0n) is 18.3. The first-order chi connectivity index (χ1) is 16.3. The number of rotatable bonds is 4. The normalized spacial score (nSPS) is 18.8. The number of ether oxygens (including phenoxy) is 1. The second-order valence-electron chi connectivity index (χ2n) is 8.44. The van der Waals surface area contributed by atoms with Crippen molar-refractivity contribution in [2.75, 3.05) is 37.7 Å². The van der Waals surface area contributed by atoms with E-state index in [1.54, 1.807) is 11.3 Å². The second-order valence-corrected chi connectivity index (χ2v) is 9.47. The SMILES string of the molecule is O=C(c1cc(-c2ccccc2)c(N2CCOCC2)s1)N1CCCC1c1nnc2ccccn12. The zero-order chi connectivity index (χ0) is 22.2. The Labute approximate surface area is 196 Å². The predicted octanol–water partition coefficient (Wildman–Crippen LogP) is 4.27. The van der Waals surface area contributed by atoms with Gasteiger partial charge in [-0.1, -0.05) is 36.4 Å². The molecule has 0 N–H and O–H groups in total. The van der Waals surface area contributed by atoms with E-state index in [4.69, 9.17) is 4.74 Å². The highest BCUT2D eigenvalue weighted by molar-refractivity contribution is 7.18. The maximum Gasteiger partial charge on any atom is 0.264 e. The quantitative estimate of drug-likeness (QED) is 0.456. The molecule has 7 nitrogen and oxygen atoms in total. The van der Waals surface area contributed by atoms with E-state index < -0.39 is 0 Å². The molecule has 33 heavy (non-hydrogen) atoms. The molecule has 1 unspecified atom stereocenters. The maximum atomic E-state index is 13.8. The fraction of sp³-hybridized carbons (Fsp3) is 0.320. The van der Waals surface area contributed by atoms with Crippen LogP contribution < -0.4 is 4.90 Å². The number of anilines is 1. The van der Waals surface area contributed by atoms with Crippen molar-refractivity contribution in [3.05, 3.63) is 71.5 Å². The molecule has 168 valence electrons. The number of morpholine rings is 1. The third kappa shape index (κ3) is 3.69. The Balaban J connectivity index is 1.36. The first kappa shape index (κ1) is 20.4. The zero-order valence-corrected chi connectivity index (χ0v) is 19.1. The molecule has 2 aliphatic rings. The van der Waals surface area contributed by atoms with Gasteiger partial charge in [0.15, 0.2) is 11.5 Å². The third-order valence-electron chi connectivity index (χ3n) is 6.46. The number of amides is 1. The van der Waals surface area contributed by atoms with E-state index in [9.17, 15) is 4.79 Å². The number of nitrogens with zero attached hydrogens (tertiary/aromatic N) is 5. The summed E-state index contributed by atoms with van der Waals surface area (Å²) in [5.41, 5.74) is 3.06. The maximum absolute atomic E-state index is 13.8. The van der Waals surface area contributed by atoms with E-state index in [1.165, 1.54) is 0 Å². The molecule has 6 rings (SSSR count). The van der Waals surface area contributed by atoms with Gasteiger partial charge in [0, 0.05) is 31.4 Å². The van der Waals surface area contributed by atoms with Crippen molar-refractivity contribution in [1.29, 1.82) is 0 Å². The van der Waals surface area contributed by atoms with Crippen LogP contribution in [0.3, 0.4) is 0 Å². The molecule has 4 aromatic rings. The van der Waals surface area contributed by atoms with Gasteiger partial charge in [0.1, 0.15) is 0 Å². The number of likely N-dealkylation sites (tertiary alicyclic amines) is 1. The molecule has 0 saturated carbocycles. The van der Waals surface area contributed by atoms with Crippen LogP contribution in [0.15, 0.2) is 60.8 Å². The largest absolute Gasteiger partial charge is 0.378 e. The summed E-state index contributed by atoms with van der Waals surface area (Å²) in [7, 11) is 0.